The Morgan fingerprint density at radius 3 is 2.95 bits per heavy atom. The van der Waals surface area contributed by atoms with Gasteiger partial charge in [0, 0.05) is 12.1 Å². The number of rotatable bonds is 1. The Bertz CT molecular complexity index is 485. The summed E-state index contributed by atoms with van der Waals surface area (Å²) >= 11 is 3.24. The van der Waals surface area contributed by atoms with Crippen LogP contribution in [0.3, 0.4) is 0 Å². The van der Waals surface area contributed by atoms with Crippen molar-refractivity contribution in [2.24, 2.45) is 5.92 Å². The molecule has 1 spiro atoms. The fourth-order valence-electron chi connectivity index (χ4n) is 3.56. The fourth-order valence-corrected chi connectivity index (χ4v) is 3.95. The van der Waals surface area contributed by atoms with Gasteiger partial charge in [-0.15, -0.1) is 0 Å². The minimum absolute atomic E-state index is 0.0229. The average Bonchev–Trinajstić information content (AvgIpc) is 2.43. The summed E-state index contributed by atoms with van der Waals surface area (Å²) in [6, 6.07) is 5.13. The highest BCUT2D eigenvalue weighted by Crippen LogP contribution is 2.36. The molecule has 1 aromatic carbocycles. The number of hydrogen-bond acceptors (Lipinski definition) is 2. The molecule has 4 heteroatoms. The highest BCUT2D eigenvalue weighted by atomic mass is 79.9. The van der Waals surface area contributed by atoms with Crippen LogP contribution in [0.5, 0.6) is 0 Å². The lowest BCUT2D eigenvalue weighted by molar-refractivity contribution is -0.0527. The van der Waals surface area contributed by atoms with E-state index in [1.807, 2.05) is 12.1 Å². The van der Waals surface area contributed by atoms with Crippen LogP contribution in [0.15, 0.2) is 22.7 Å². The lowest BCUT2D eigenvalue weighted by Gasteiger charge is -2.45. The zero-order valence-corrected chi connectivity index (χ0v) is 13.4. The van der Waals surface area contributed by atoms with Crippen LogP contribution in [0.25, 0.3) is 0 Å². The molecule has 1 heterocycles. The first-order valence-electron chi connectivity index (χ1n) is 7.40. The van der Waals surface area contributed by atoms with Crippen molar-refractivity contribution >= 4 is 15.9 Å². The molecule has 0 amide bonds. The third-order valence-corrected chi connectivity index (χ3v) is 5.24. The first-order chi connectivity index (χ1) is 9.58. The molecule has 0 bridgehead atoms. The molecular formula is C16H21BrFNO. The van der Waals surface area contributed by atoms with Gasteiger partial charge in [-0.2, -0.15) is 0 Å². The van der Waals surface area contributed by atoms with Crippen molar-refractivity contribution in [2.75, 3.05) is 13.2 Å². The van der Waals surface area contributed by atoms with Gasteiger partial charge in [0.2, 0.25) is 0 Å². The van der Waals surface area contributed by atoms with Crippen molar-refractivity contribution in [2.45, 2.75) is 44.2 Å². The molecule has 110 valence electrons. The molecule has 1 aliphatic heterocycles. The normalized spacial score (nSPS) is 34.4. The van der Waals surface area contributed by atoms with Crippen LogP contribution in [0, 0.1) is 11.7 Å². The second-order valence-corrected chi connectivity index (χ2v) is 7.19. The van der Waals surface area contributed by atoms with Crippen LogP contribution in [-0.2, 0) is 4.74 Å². The van der Waals surface area contributed by atoms with E-state index >= 15 is 0 Å². The van der Waals surface area contributed by atoms with Gasteiger partial charge in [-0.1, -0.05) is 25.8 Å². The largest absolute Gasteiger partial charge is 0.370 e. The van der Waals surface area contributed by atoms with E-state index in [0.29, 0.717) is 4.47 Å². The summed E-state index contributed by atoms with van der Waals surface area (Å²) in [6.07, 6.45) is 5.04. The second kappa shape index (κ2) is 5.74. The molecular weight excluding hydrogens is 321 g/mol. The van der Waals surface area contributed by atoms with Crippen LogP contribution in [-0.4, -0.2) is 18.7 Å². The van der Waals surface area contributed by atoms with E-state index in [2.05, 4.69) is 28.2 Å². The molecule has 2 nitrogen and oxygen atoms in total. The maximum atomic E-state index is 13.3. The van der Waals surface area contributed by atoms with Crippen molar-refractivity contribution in [3.8, 4) is 0 Å². The molecule has 0 aromatic heterocycles. The fraction of sp³-hybridized carbons (Fsp3) is 0.625. The topological polar surface area (TPSA) is 21.3 Å². The Balaban J connectivity index is 1.67. The molecule has 3 rings (SSSR count). The predicted octanol–water partition coefficient (Wildman–Crippen LogP) is 4.20. The number of morpholine rings is 1. The zero-order chi connectivity index (χ0) is 14.2. The third kappa shape index (κ3) is 2.92. The number of hydrogen-bond donors (Lipinski definition) is 1. The quantitative estimate of drug-likeness (QED) is 0.826. The Hall–Kier alpha value is -0.450. The SMILES string of the molecule is CC1CCCC2(COC(c3ccc(F)c(Br)c3)CN2)C1. The summed E-state index contributed by atoms with van der Waals surface area (Å²) in [7, 11) is 0. The van der Waals surface area contributed by atoms with Crippen LogP contribution < -0.4 is 5.32 Å². The van der Waals surface area contributed by atoms with E-state index in [1.165, 1.54) is 31.7 Å². The summed E-state index contributed by atoms with van der Waals surface area (Å²) < 4.78 is 19.9. The van der Waals surface area contributed by atoms with Gasteiger partial charge in [0.1, 0.15) is 5.82 Å². The first-order valence-corrected chi connectivity index (χ1v) is 8.19. The van der Waals surface area contributed by atoms with Crippen LogP contribution in [0.4, 0.5) is 4.39 Å². The number of nitrogens with one attached hydrogen (secondary N) is 1. The van der Waals surface area contributed by atoms with E-state index in [4.69, 9.17) is 4.74 Å². The summed E-state index contributed by atoms with van der Waals surface area (Å²) in [4.78, 5) is 0. The number of halogens is 2. The van der Waals surface area contributed by atoms with Gasteiger partial charge in [-0.3, -0.25) is 0 Å². The van der Waals surface area contributed by atoms with Crippen molar-refractivity contribution in [3.63, 3.8) is 0 Å². The van der Waals surface area contributed by atoms with E-state index < -0.39 is 0 Å². The molecule has 20 heavy (non-hydrogen) atoms. The summed E-state index contributed by atoms with van der Waals surface area (Å²) in [5.74, 6) is 0.548. The highest BCUT2D eigenvalue weighted by Gasteiger charge is 2.39. The van der Waals surface area contributed by atoms with Gasteiger partial charge >= 0.3 is 0 Å². The minimum Gasteiger partial charge on any atom is -0.370 e. The molecule has 2 fully saturated rings. The first kappa shape index (κ1) is 14.5. The number of benzene rings is 1. The predicted molar refractivity (Wildman–Crippen MR) is 81.2 cm³/mol. The summed E-state index contributed by atoms with van der Waals surface area (Å²) in [5, 5.41) is 3.71. The molecule has 1 saturated heterocycles. The van der Waals surface area contributed by atoms with Gasteiger partial charge < -0.3 is 10.1 Å². The molecule has 0 radical (unpaired) electrons. The Morgan fingerprint density at radius 2 is 2.30 bits per heavy atom. The van der Waals surface area contributed by atoms with Crippen molar-refractivity contribution < 1.29 is 9.13 Å². The van der Waals surface area contributed by atoms with E-state index in [-0.39, 0.29) is 17.5 Å². The second-order valence-electron chi connectivity index (χ2n) is 6.34. The molecule has 1 saturated carbocycles. The molecule has 2 aliphatic rings. The molecule has 1 aliphatic carbocycles. The third-order valence-electron chi connectivity index (χ3n) is 4.63. The Morgan fingerprint density at radius 1 is 1.45 bits per heavy atom. The summed E-state index contributed by atoms with van der Waals surface area (Å²) in [5.41, 5.74) is 1.20. The monoisotopic (exact) mass is 341 g/mol. The van der Waals surface area contributed by atoms with Gasteiger partial charge in [-0.25, -0.2) is 4.39 Å². The lowest BCUT2D eigenvalue weighted by atomic mass is 9.76. The van der Waals surface area contributed by atoms with Gasteiger partial charge in [0.05, 0.1) is 17.2 Å². The summed E-state index contributed by atoms with van der Waals surface area (Å²) in [6.45, 7) is 3.90. The van der Waals surface area contributed by atoms with Crippen LogP contribution in [0.1, 0.15) is 44.3 Å². The zero-order valence-electron chi connectivity index (χ0n) is 11.8. The van der Waals surface area contributed by atoms with Crippen molar-refractivity contribution in [1.82, 2.24) is 5.32 Å². The van der Waals surface area contributed by atoms with Gasteiger partial charge in [0.25, 0.3) is 0 Å². The minimum atomic E-state index is -0.227. The highest BCUT2D eigenvalue weighted by molar-refractivity contribution is 9.10. The van der Waals surface area contributed by atoms with Crippen LogP contribution >= 0.6 is 15.9 Å². The maximum absolute atomic E-state index is 13.3. The standard InChI is InChI=1S/C16H21BrFNO/c1-11-3-2-6-16(8-11)10-20-15(9-19-16)12-4-5-14(18)13(17)7-12/h4-5,7,11,15,19H,2-3,6,8-10H2,1H3. The average molecular weight is 342 g/mol. The molecule has 3 unspecified atom stereocenters. The van der Waals surface area contributed by atoms with E-state index in [0.717, 1.165) is 24.6 Å². The van der Waals surface area contributed by atoms with Crippen molar-refractivity contribution in [1.29, 1.82) is 0 Å². The molecule has 1 aromatic rings. The Labute approximate surface area is 128 Å². The van der Waals surface area contributed by atoms with Crippen molar-refractivity contribution in [3.05, 3.63) is 34.1 Å². The van der Waals surface area contributed by atoms with Gasteiger partial charge in [-0.05, 0) is 52.4 Å². The van der Waals surface area contributed by atoms with Crippen LogP contribution in [0.2, 0.25) is 0 Å². The smallest absolute Gasteiger partial charge is 0.137 e. The Kier molecular flexibility index (Phi) is 4.16. The number of ether oxygens (including phenoxy) is 1. The van der Waals surface area contributed by atoms with E-state index in [1.54, 1.807) is 0 Å². The molecule has 1 N–H and O–H groups in total. The molecule has 3 atom stereocenters. The maximum Gasteiger partial charge on any atom is 0.137 e. The van der Waals surface area contributed by atoms with Gasteiger partial charge in [0.15, 0.2) is 0 Å². The van der Waals surface area contributed by atoms with E-state index in [9.17, 15) is 4.39 Å². The lowest BCUT2D eigenvalue weighted by Crippen LogP contribution is -2.56.